The van der Waals surface area contributed by atoms with Gasteiger partial charge in [0.15, 0.2) is 0 Å². The molecule has 0 spiro atoms. The van der Waals surface area contributed by atoms with Gasteiger partial charge in [-0.1, -0.05) is 13.0 Å². The first-order chi connectivity index (χ1) is 9.02. The Bertz CT molecular complexity index is 493. The van der Waals surface area contributed by atoms with Crippen LogP contribution in [0.4, 0.5) is 5.69 Å². The summed E-state index contributed by atoms with van der Waals surface area (Å²) in [7, 11) is 0. The molecule has 0 amide bonds. The van der Waals surface area contributed by atoms with Gasteiger partial charge in [0.2, 0.25) is 0 Å². The van der Waals surface area contributed by atoms with Gasteiger partial charge in [-0.05, 0) is 31.4 Å². The number of piperidine rings is 1. The van der Waals surface area contributed by atoms with Crippen molar-refractivity contribution in [3.8, 4) is 6.07 Å². The van der Waals surface area contributed by atoms with Crippen molar-refractivity contribution < 1.29 is 10.2 Å². The van der Waals surface area contributed by atoms with E-state index in [2.05, 4.69) is 11.0 Å². The number of nitrogens with zero attached hydrogens (tertiary/aromatic N) is 2. The topological polar surface area (TPSA) is 67.5 Å². The van der Waals surface area contributed by atoms with E-state index < -0.39 is 6.10 Å². The van der Waals surface area contributed by atoms with Crippen LogP contribution in [0.25, 0.3) is 0 Å². The molecule has 4 heteroatoms. The second-order valence-corrected chi connectivity index (χ2v) is 5.34. The summed E-state index contributed by atoms with van der Waals surface area (Å²) in [5, 5.41) is 28.8. The molecule has 1 heterocycles. The number of rotatable bonds is 2. The summed E-state index contributed by atoms with van der Waals surface area (Å²) in [5.74, 6) is 0.297. The Labute approximate surface area is 113 Å². The lowest BCUT2D eigenvalue weighted by Crippen LogP contribution is -2.43. The average molecular weight is 260 g/mol. The first kappa shape index (κ1) is 13.9. The van der Waals surface area contributed by atoms with Crippen LogP contribution in [0.3, 0.4) is 0 Å². The maximum absolute atomic E-state index is 10.00. The minimum absolute atomic E-state index is 0.297. The van der Waals surface area contributed by atoms with Gasteiger partial charge in [-0.15, -0.1) is 0 Å². The molecule has 0 bridgehead atoms. The molecule has 0 radical (unpaired) electrons. The largest absolute Gasteiger partial charge is 0.391 e. The van der Waals surface area contributed by atoms with Crippen molar-refractivity contribution >= 4 is 5.69 Å². The Balaban J connectivity index is 2.34. The van der Waals surface area contributed by atoms with Gasteiger partial charge in [-0.2, -0.15) is 5.26 Å². The van der Waals surface area contributed by atoms with E-state index in [-0.39, 0.29) is 6.10 Å². The van der Waals surface area contributed by atoms with Crippen LogP contribution < -0.4 is 4.90 Å². The van der Waals surface area contributed by atoms with Crippen LogP contribution in [-0.4, -0.2) is 29.4 Å². The van der Waals surface area contributed by atoms with Crippen LogP contribution in [0.15, 0.2) is 18.2 Å². The minimum Gasteiger partial charge on any atom is -0.391 e. The highest BCUT2D eigenvalue weighted by molar-refractivity contribution is 5.59. The molecule has 1 aromatic carbocycles. The van der Waals surface area contributed by atoms with Crippen LogP contribution in [0.1, 0.15) is 37.5 Å². The molecule has 3 atom stereocenters. The second kappa shape index (κ2) is 5.60. The Hall–Kier alpha value is -1.57. The molecule has 1 aromatic rings. The fraction of sp³-hybridized carbons (Fsp3) is 0.533. The molecule has 1 saturated heterocycles. The number of anilines is 1. The summed E-state index contributed by atoms with van der Waals surface area (Å²) in [6, 6.07) is 7.43. The minimum atomic E-state index is -0.584. The molecule has 19 heavy (non-hydrogen) atoms. The highest BCUT2D eigenvalue weighted by Gasteiger charge is 2.26. The lowest BCUT2D eigenvalue weighted by atomic mass is 9.94. The third kappa shape index (κ3) is 2.89. The smallest absolute Gasteiger partial charge is 0.0992 e. The number of β-amino-alcohol motifs (C(OH)–C–C–N with tert-alkyl or cyclic N) is 1. The summed E-state index contributed by atoms with van der Waals surface area (Å²) in [6.07, 6.45) is -0.0300. The van der Waals surface area contributed by atoms with Crippen LogP contribution in [0.5, 0.6) is 0 Å². The predicted octanol–water partition coefficient (Wildman–Crippen LogP) is 1.82. The molecular weight excluding hydrogens is 240 g/mol. The summed E-state index contributed by atoms with van der Waals surface area (Å²) in [6.45, 7) is 5.15. The third-order valence-electron chi connectivity index (χ3n) is 3.87. The maximum Gasteiger partial charge on any atom is 0.0992 e. The highest BCUT2D eigenvalue weighted by Crippen LogP contribution is 2.31. The predicted molar refractivity (Wildman–Crippen MR) is 73.8 cm³/mol. The normalized spacial score (nSPS) is 24.9. The van der Waals surface area contributed by atoms with Crippen LogP contribution in [0.2, 0.25) is 0 Å². The molecule has 0 aliphatic carbocycles. The zero-order valence-corrected chi connectivity index (χ0v) is 11.4. The number of nitriles is 1. The van der Waals surface area contributed by atoms with Gasteiger partial charge in [0.1, 0.15) is 0 Å². The van der Waals surface area contributed by atoms with Gasteiger partial charge >= 0.3 is 0 Å². The van der Waals surface area contributed by atoms with Crippen molar-refractivity contribution in [2.75, 3.05) is 18.0 Å². The SMILES string of the molecule is CC1CCN(c2cc(C#N)ccc2[C@@H](C)O)CC1O. The number of hydrogen-bond donors (Lipinski definition) is 2. The van der Waals surface area contributed by atoms with Crippen LogP contribution in [-0.2, 0) is 0 Å². The molecular formula is C15H20N2O2. The van der Waals surface area contributed by atoms with Crippen molar-refractivity contribution in [1.29, 1.82) is 5.26 Å². The molecule has 1 aliphatic heterocycles. The quantitative estimate of drug-likeness (QED) is 0.851. The van der Waals surface area contributed by atoms with E-state index in [0.29, 0.717) is 18.0 Å². The second-order valence-electron chi connectivity index (χ2n) is 5.34. The average Bonchev–Trinajstić information content (AvgIpc) is 2.41. The Morgan fingerprint density at radius 1 is 1.47 bits per heavy atom. The van der Waals surface area contributed by atoms with Gasteiger partial charge in [-0.3, -0.25) is 0 Å². The monoisotopic (exact) mass is 260 g/mol. The van der Waals surface area contributed by atoms with Gasteiger partial charge in [0.05, 0.1) is 23.8 Å². The fourth-order valence-electron chi connectivity index (χ4n) is 2.51. The molecule has 0 aromatic heterocycles. The molecule has 2 unspecified atom stereocenters. The Morgan fingerprint density at radius 2 is 2.21 bits per heavy atom. The number of aliphatic hydroxyl groups excluding tert-OH is 2. The Kier molecular flexibility index (Phi) is 4.08. The summed E-state index contributed by atoms with van der Waals surface area (Å²) < 4.78 is 0. The Morgan fingerprint density at radius 3 is 2.79 bits per heavy atom. The van der Waals surface area contributed by atoms with E-state index in [0.717, 1.165) is 24.2 Å². The number of hydrogen-bond acceptors (Lipinski definition) is 4. The molecule has 2 rings (SSSR count). The first-order valence-corrected chi connectivity index (χ1v) is 6.68. The van der Waals surface area contributed by atoms with Crippen molar-refractivity contribution in [3.63, 3.8) is 0 Å². The molecule has 1 fully saturated rings. The van der Waals surface area contributed by atoms with E-state index in [1.807, 2.05) is 6.92 Å². The maximum atomic E-state index is 10.00. The van der Waals surface area contributed by atoms with Gasteiger partial charge in [0, 0.05) is 24.3 Å². The highest BCUT2D eigenvalue weighted by atomic mass is 16.3. The van der Waals surface area contributed by atoms with E-state index in [4.69, 9.17) is 5.26 Å². The number of benzene rings is 1. The van der Waals surface area contributed by atoms with Crippen molar-refractivity contribution in [2.45, 2.75) is 32.5 Å². The summed E-state index contributed by atoms with van der Waals surface area (Å²) in [4.78, 5) is 2.06. The van der Waals surface area contributed by atoms with Gasteiger partial charge < -0.3 is 15.1 Å². The molecule has 2 N–H and O–H groups in total. The number of aliphatic hydroxyl groups is 2. The first-order valence-electron chi connectivity index (χ1n) is 6.68. The van der Waals surface area contributed by atoms with Crippen LogP contribution >= 0.6 is 0 Å². The third-order valence-corrected chi connectivity index (χ3v) is 3.87. The summed E-state index contributed by atoms with van der Waals surface area (Å²) in [5.41, 5.74) is 2.24. The van der Waals surface area contributed by atoms with E-state index in [1.165, 1.54) is 0 Å². The van der Waals surface area contributed by atoms with E-state index in [9.17, 15) is 10.2 Å². The molecule has 1 aliphatic rings. The lowest BCUT2D eigenvalue weighted by Gasteiger charge is -2.37. The standard InChI is InChI=1S/C15H20N2O2/c1-10-5-6-17(9-15(10)19)14-7-12(8-16)3-4-13(14)11(2)18/h3-4,7,10-11,15,18-19H,5-6,9H2,1-2H3/t10?,11-,15?/m1/s1. The zero-order chi connectivity index (χ0) is 14.0. The van der Waals surface area contributed by atoms with Crippen molar-refractivity contribution in [2.24, 2.45) is 5.92 Å². The molecule has 0 saturated carbocycles. The van der Waals surface area contributed by atoms with E-state index >= 15 is 0 Å². The van der Waals surface area contributed by atoms with Crippen LogP contribution in [0, 0.1) is 17.2 Å². The lowest BCUT2D eigenvalue weighted by molar-refractivity contribution is 0.102. The molecule has 4 nitrogen and oxygen atoms in total. The molecule has 102 valence electrons. The van der Waals surface area contributed by atoms with Crippen molar-refractivity contribution in [3.05, 3.63) is 29.3 Å². The van der Waals surface area contributed by atoms with Gasteiger partial charge in [-0.25, -0.2) is 0 Å². The fourth-order valence-corrected chi connectivity index (χ4v) is 2.51. The summed E-state index contributed by atoms with van der Waals surface area (Å²) >= 11 is 0. The van der Waals surface area contributed by atoms with Gasteiger partial charge in [0.25, 0.3) is 0 Å². The van der Waals surface area contributed by atoms with E-state index in [1.54, 1.807) is 25.1 Å². The zero-order valence-electron chi connectivity index (χ0n) is 11.4. The van der Waals surface area contributed by atoms with Crippen molar-refractivity contribution in [1.82, 2.24) is 0 Å².